The first-order chi connectivity index (χ1) is 7.81. The van der Waals surface area contributed by atoms with Crippen LogP contribution in [0, 0.1) is 12.3 Å². The van der Waals surface area contributed by atoms with Crippen LogP contribution in [0.15, 0.2) is 18.2 Å². The van der Waals surface area contributed by atoms with Gasteiger partial charge in [-0.05, 0) is 45.5 Å². The van der Waals surface area contributed by atoms with E-state index in [-0.39, 0.29) is 5.41 Å². The monoisotopic (exact) mass is 235 g/mol. The zero-order chi connectivity index (χ0) is 13.1. The minimum atomic E-state index is 0.203. The van der Waals surface area contributed by atoms with Crippen LogP contribution in [0.2, 0.25) is 0 Å². The summed E-state index contributed by atoms with van der Waals surface area (Å²) in [6.07, 6.45) is 0. The molecule has 0 aliphatic heterocycles. The lowest BCUT2D eigenvalue weighted by Gasteiger charge is -2.35. The van der Waals surface area contributed by atoms with E-state index >= 15 is 0 Å². The van der Waals surface area contributed by atoms with E-state index < -0.39 is 0 Å². The minimum absolute atomic E-state index is 0.203. The molecule has 3 nitrogen and oxygen atoms in total. The third-order valence-electron chi connectivity index (χ3n) is 3.15. The first-order valence-corrected chi connectivity index (χ1v) is 6.16. The molecule has 0 spiro atoms. The molecule has 0 aliphatic carbocycles. The van der Waals surface area contributed by atoms with Gasteiger partial charge in [-0.25, -0.2) is 4.98 Å². The van der Waals surface area contributed by atoms with Crippen LogP contribution < -0.4 is 5.32 Å². The maximum atomic E-state index is 4.48. The average Bonchev–Trinajstić information content (AvgIpc) is 2.15. The summed E-state index contributed by atoms with van der Waals surface area (Å²) in [5.74, 6) is 0.962. The Morgan fingerprint density at radius 2 is 2.00 bits per heavy atom. The van der Waals surface area contributed by atoms with Crippen molar-refractivity contribution in [1.82, 2.24) is 9.88 Å². The van der Waals surface area contributed by atoms with E-state index in [0.29, 0.717) is 6.04 Å². The molecule has 0 amide bonds. The van der Waals surface area contributed by atoms with E-state index in [2.05, 4.69) is 50.1 Å². The third kappa shape index (κ3) is 4.35. The molecule has 1 aromatic rings. The fourth-order valence-corrected chi connectivity index (χ4v) is 1.99. The van der Waals surface area contributed by atoms with Gasteiger partial charge in [0, 0.05) is 18.3 Å². The normalized spacial score (nSPS) is 13.8. The molecule has 1 rings (SSSR count). The van der Waals surface area contributed by atoms with Crippen LogP contribution >= 0.6 is 0 Å². The first-order valence-electron chi connectivity index (χ1n) is 6.16. The van der Waals surface area contributed by atoms with E-state index in [1.807, 2.05) is 25.1 Å². The quantitative estimate of drug-likeness (QED) is 0.850. The highest BCUT2D eigenvalue weighted by Gasteiger charge is 2.26. The van der Waals surface area contributed by atoms with Crippen LogP contribution in [0.25, 0.3) is 0 Å². The van der Waals surface area contributed by atoms with Crippen molar-refractivity contribution in [3.63, 3.8) is 0 Å². The van der Waals surface area contributed by atoms with Crippen LogP contribution in [0.1, 0.15) is 26.5 Å². The number of nitrogens with one attached hydrogen (secondary N) is 1. The zero-order valence-electron chi connectivity index (χ0n) is 11.9. The number of aromatic nitrogens is 1. The van der Waals surface area contributed by atoms with Gasteiger partial charge < -0.3 is 10.2 Å². The molecular weight excluding hydrogens is 210 g/mol. The van der Waals surface area contributed by atoms with Crippen molar-refractivity contribution in [1.29, 1.82) is 0 Å². The van der Waals surface area contributed by atoms with E-state index in [4.69, 9.17) is 0 Å². The van der Waals surface area contributed by atoms with Gasteiger partial charge in [0.05, 0.1) is 0 Å². The second-order valence-electron chi connectivity index (χ2n) is 5.76. The van der Waals surface area contributed by atoms with Crippen molar-refractivity contribution in [2.45, 2.75) is 33.7 Å². The lowest BCUT2D eigenvalue weighted by Crippen LogP contribution is -2.41. The summed E-state index contributed by atoms with van der Waals surface area (Å²) in [4.78, 5) is 6.71. The minimum Gasteiger partial charge on any atom is -0.367 e. The number of hydrogen-bond donors (Lipinski definition) is 1. The largest absolute Gasteiger partial charge is 0.367 e. The summed E-state index contributed by atoms with van der Waals surface area (Å²) in [5, 5.41) is 3.49. The van der Waals surface area contributed by atoms with Gasteiger partial charge in [-0.15, -0.1) is 0 Å². The van der Waals surface area contributed by atoms with Crippen molar-refractivity contribution in [3.8, 4) is 0 Å². The molecule has 1 unspecified atom stereocenters. The maximum Gasteiger partial charge on any atom is 0.126 e. The molecule has 96 valence electrons. The molecule has 0 aromatic carbocycles. The smallest absolute Gasteiger partial charge is 0.126 e. The summed E-state index contributed by atoms with van der Waals surface area (Å²) in [7, 11) is 4.22. The van der Waals surface area contributed by atoms with Crippen molar-refractivity contribution in [2.24, 2.45) is 5.41 Å². The maximum absolute atomic E-state index is 4.48. The lowest BCUT2D eigenvalue weighted by atomic mass is 9.85. The van der Waals surface area contributed by atoms with Gasteiger partial charge in [-0.1, -0.05) is 19.9 Å². The highest BCUT2D eigenvalue weighted by Crippen LogP contribution is 2.24. The van der Waals surface area contributed by atoms with Gasteiger partial charge in [0.25, 0.3) is 0 Å². The Kier molecular flexibility index (Phi) is 4.52. The Morgan fingerprint density at radius 1 is 1.35 bits per heavy atom. The van der Waals surface area contributed by atoms with Crippen LogP contribution in [0.5, 0.6) is 0 Å². The van der Waals surface area contributed by atoms with Gasteiger partial charge in [0.2, 0.25) is 0 Å². The van der Waals surface area contributed by atoms with Crippen molar-refractivity contribution in [3.05, 3.63) is 23.9 Å². The fraction of sp³-hybridized carbons (Fsp3) is 0.643. The number of rotatable bonds is 5. The van der Waals surface area contributed by atoms with Gasteiger partial charge in [-0.2, -0.15) is 0 Å². The fourth-order valence-electron chi connectivity index (χ4n) is 1.99. The Balaban J connectivity index is 2.68. The van der Waals surface area contributed by atoms with Gasteiger partial charge >= 0.3 is 0 Å². The summed E-state index contributed by atoms with van der Waals surface area (Å²) >= 11 is 0. The van der Waals surface area contributed by atoms with Gasteiger partial charge in [0.1, 0.15) is 5.82 Å². The van der Waals surface area contributed by atoms with Crippen molar-refractivity contribution in [2.75, 3.05) is 26.0 Å². The van der Waals surface area contributed by atoms with Crippen LogP contribution in [0.3, 0.4) is 0 Å². The molecular formula is C14H25N3. The van der Waals surface area contributed by atoms with Gasteiger partial charge in [0.15, 0.2) is 0 Å². The van der Waals surface area contributed by atoms with E-state index in [0.717, 1.165) is 18.1 Å². The molecule has 17 heavy (non-hydrogen) atoms. The number of aryl methyl sites for hydroxylation is 1. The van der Waals surface area contributed by atoms with E-state index in [1.165, 1.54) is 0 Å². The SMILES string of the molecule is Cc1cccc(NC(C)C(C)(C)CN(C)C)n1. The van der Waals surface area contributed by atoms with Crippen molar-refractivity contribution >= 4 is 5.82 Å². The Labute approximate surface area is 105 Å². The van der Waals surface area contributed by atoms with Crippen LogP contribution in [-0.2, 0) is 0 Å². The second kappa shape index (κ2) is 5.50. The van der Waals surface area contributed by atoms with Gasteiger partial charge in [-0.3, -0.25) is 0 Å². The average molecular weight is 235 g/mol. The highest BCUT2D eigenvalue weighted by molar-refractivity contribution is 5.36. The topological polar surface area (TPSA) is 28.2 Å². The first kappa shape index (κ1) is 14.0. The molecule has 1 aromatic heterocycles. The highest BCUT2D eigenvalue weighted by atomic mass is 15.1. The zero-order valence-corrected chi connectivity index (χ0v) is 11.9. The molecule has 0 saturated heterocycles. The molecule has 0 saturated carbocycles. The molecule has 1 heterocycles. The van der Waals surface area contributed by atoms with E-state index in [9.17, 15) is 0 Å². The molecule has 1 N–H and O–H groups in total. The molecule has 1 atom stereocenters. The van der Waals surface area contributed by atoms with Crippen LogP contribution in [-0.4, -0.2) is 36.6 Å². The third-order valence-corrected chi connectivity index (χ3v) is 3.15. The summed E-state index contributed by atoms with van der Waals surface area (Å²) < 4.78 is 0. The molecule has 0 fully saturated rings. The number of hydrogen-bond acceptors (Lipinski definition) is 3. The number of nitrogens with zero attached hydrogens (tertiary/aromatic N) is 2. The number of anilines is 1. The van der Waals surface area contributed by atoms with Crippen molar-refractivity contribution < 1.29 is 0 Å². The Bertz CT molecular complexity index is 358. The standard InChI is InChI=1S/C14H25N3/c1-11-8-7-9-13(15-11)16-12(2)14(3,4)10-17(5)6/h7-9,12H,10H2,1-6H3,(H,15,16). The Morgan fingerprint density at radius 3 is 2.53 bits per heavy atom. The number of pyridine rings is 1. The second-order valence-corrected chi connectivity index (χ2v) is 5.76. The molecule has 0 aliphatic rings. The lowest BCUT2D eigenvalue weighted by molar-refractivity contribution is 0.217. The molecule has 0 radical (unpaired) electrons. The van der Waals surface area contributed by atoms with E-state index in [1.54, 1.807) is 0 Å². The van der Waals surface area contributed by atoms with Crippen LogP contribution in [0.4, 0.5) is 5.82 Å². The Hall–Kier alpha value is -1.09. The molecule has 0 bridgehead atoms. The molecule has 3 heteroatoms. The predicted octanol–water partition coefficient (Wildman–Crippen LogP) is 2.78. The predicted molar refractivity (Wildman–Crippen MR) is 74.4 cm³/mol. The summed E-state index contributed by atoms with van der Waals surface area (Å²) in [5.41, 5.74) is 1.25. The summed E-state index contributed by atoms with van der Waals surface area (Å²) in [6, 6.07) is 6.45. The summed E-state index contributed by atoms with van der Waals surface area (Å²) in [6.45, 7) is 9.84.